The maximum Gasteiger partial charge on any atom is 0.417 e. The Labute approximate surface area is 118 Å². The van der Waals surface area contributed by atoms with Crippen LogP contribution in [0.2, 0.25) is 5.02 Å². The molecule has 5 nitrogen and oxygen atoms in total. The molecule has 3 N–H and O–H groups in total. The number of benzene rings is 1. The number of alkyl halides is 3. The first kappa shape index (κ1) is 16.7. The zero-order valence-electron chi connectivity index (χ0n) is 9.87. The zero-order valence-corrected chi connectivity index (χ0v) is 11.4. The molecule has 1 amide bonds. The minimum absolute atomic E-state index is 0.382. The Hall–Kier alpha value is -1.32. The van der Waals surface area contributed by atoms with E-state index in [0.717, 1.165) is 12.1 Å². The van der Waals surface area contributed by atoms with Crippen molar-refractivity contribution in [1.82, 2.24) is 5.32 Å². The summed E-state index contributed by atoms with van der Waals surface area (Å²) in [4.78, 5) is 11.7. The van der Waals surface area contributed by atoms with Crippen LogP contribution in [0.4, 0.5) is 13.2 Å². The summed E-state index contributed by atoms with van der Waals surface area (Å²) in [5.41, 5.74) is -1.95. The topological polar surface area (TPSA) is 89.3 Å². The van der Waals surface area contributed by atoms with Crippen molar-refractivity contribution < 1.29 is 26.4 Å². The van der Waals surface area contributed by atoms with E-state index >= 15 is 0 Å². The van der Waals surface area contributed by atoms with Gasteiger partial charge in [-0.25, -0.2) is 13.6 Å². The number of nitrogens with one attached hydrogen (secondary N) is 1. The summed E-state index contributed by atoms with van der Waals surface area (Å²) in [6.07, 6.45) is -4.75. The summed E-state index contributed by atoms with van der Waals surface area (Å²) in [6, 6.07) is 2.90. The molecule has 1 aromatic rings. The van der Waals surface area contributed by atoms with Gasteiger partial charge in [-0.1, -0.05) is 17.7 Å². The number of primary sulfonamides is 1. The average molecular weight is 331 g/mol. The molecule has 0 spiro atoms. The van der Waals surface area contributed by atoms with Crippen LogP contribution in [0.5, 0.6) is 0 Å². The third kappa shape index (κ3) is 4.66. The molecule has 0 saturated carbocycles. The highest BCUT2D eigenvalue weighted by Crippen LogP contribution is 2.34. The van der Waals surface area contributed by atoms with Gasteiger partial charge in [0.1, 0.15) is 0 Å². The summed E-state index contributed by atoms with van der Waals surface area (Å²) in [5.74, 6) is -1.71. The van der Waals surface area contributed by atoms with Crippen molar-refractivity contribution in [2.75, 3.05) is 12.3 Å². The summed E-state index contributed by atoms with van der Waals surface area (Å²) in [7, 11) is -3.82. The molecule has 0 aliphatic carbocycles. The Balaban J connectivity index is 2.99. The average Bonchev–Trinajstić information content (AvgIpc) is 2.25. The fourth-order valence-corrected chi connectivity index (χ4v) is 2.03. The highest BCUT2D eigenvalue weighted by molar-refractivity contribution is 7.89. The predicted octanol–water partition coefficient (Wildman–Crippen LogP) is 1.38. The number of sulfonamides is 1. The fraction of sp³-hybridized carbons (Fsp3) is 0.300. The van der Waals surface area contributed by atoms with Gasteiger partial charge >= 0.3 is 6.18 Å². The second-order valence-corrected chi connectivity index (χ2v) is 5.92. The Morgan fingerprint density at radius 2 is 1.95 bits per heavy atom. The van der Waals surface area contributed by atoms with Gasteiger partial charge in [0.2, 0.25) is 10.0 Å². The van der Waals surface area contributed by atoms with Crippen LogP contribution in [0.15, 0.2) is 18.2 Å². The van der Waals surface area contributed by atoms with E-state index < -0.39 is 45.5 Å². The van der Waals surface area contributed by atoms with E-state index in [2.05, 4.69) is 0 Å². The lowest BCUT2D eigenvalue weighted by molar-refractivity contribution is -0.137. The number of carbonyl (C=O) groups excluding carboxylic acids is 1. The van der Waals surface area contributed by atoms with Gasteiger partial charge in [0, 0.05) is 6.54 Å². The highest BCUT2D eigenvalue weighted by atomic mass is 35.5. The number of hydrogen-bond donors (Lipinski definition) is 2. The Morgan fingerprint density at radius 1 is 1.35 bits per heavy atom. The molecule has 0 unspecified atom stereocenters. The van der Waals surface area contributed by atoms with Gasteiger partial charge in [0.25, 0.3) is 5.91 Å². The number of rotatable bonds is 4. The summed E-state index contributed by atoms with van der Waals surface area (Å²) in [5, 5.41) is 6.35. The van der Waals surface area contributed by atoms with Crippen LogP contribution < -0.4 is 10.5 Å². The molecule has 0 aliphatic rings. The number of nitrogens with two attached hydrogens (primary N) is 1. The van der Waals surface area contributed by atoms with Crippen LogP contribution >= 0.6 is 11.6 Å². The van der Waals surface area contributed by atoms with E-state index in [1.165, 1.54) is 0 Å². The second kappa shape index (κ2) is 5.98. The van der Waals surface area contributed by atoms with Crippen molar-refractivity contribution in [1.29, 1.82) is 0 Å². The number of hydrogen-bond acceptors (Lipinski definition) is 3. The van der Waals surface area contributed by atoms with E-state index in [1.54, 1.807) is 0 Å². The van der Waals surface area contributed by atoms with Crippen LogP contribution in [-0.2, 0) is 16.2 Å². The van der Waals surface area contributed by atoms with Crippen molar-refractivity contribution in [2.24, 2.45) is 5.14 Å². The van der Waals surface area contributed by atoms with E-state index in [-0.39, 0.29) is 5.02 Å². The smallest absolute Gasteiger partial charge is 0.351 e. The first-order chi connectivity index (χ1) is 9.02. The first-order valence-corrected chi connectivity index (χ1v) is 7.26. The van der Waals surface area contributed by atoms with Crippen LogP contribution in [0.1, 0.15) is 15.9 Å². The van der Waals surface area contributed by atoms with Gasteiger partial charge in [-0.2, -0.15) is 13.2 Å². The quantitative estimate of drug-likeness (QED) is 0.874. The third-order valence-electron chi connectivity index (χ3n) is 2.22. The van der Waals surface area contributed by atoms with Crippen LogP contribution in [0.3, 0.4) is 0 Å². The lowest BCUT2D eigenvalue weighted by Gasteiger charge is -2.13. The monoisotopic (exact) mass is 330 g/mol. The third-order valence-corrected chi connectivity index (χ3v) is 3.31. The summed E-state index contributed by atoms with van der Waals surface area (Å²) in [6.45, 7) is -0.416. The Morgan fingerprint density at radius 3 is 2.45 bits per heavy atom. The van der Waals surface area contributed by atoms with Crippen molar-refractivity contribution in [3.05, 3.63) is 34.3 Å². The van der Waals surface area contributed by atoms with Gasteiger partial charge in [-0.3, -0.25) is 4.79 Å². The van der Waals surface area contributed by atoms with Gasteiger partial charge in [-0.05, 0) is 12.1 Å². The molecule has 0 aromatic heterocycles. The maximum atomic E-state index is 12.7. The highest BCUT2D eigenvalue weighted by Gasteiger charge is 2.36. The van der Waals surface area contributed by atoms with E-state index in [4.69, 9.17) is 16.7 Å². The molecule has 20 heavy (non-hydrogen) atoms. The minimum atomic E-state index is -4.75. The molecule has 0 aliphatic heterocycles. The van der Waals surface area contributed by atoms with E-state index in [1.807, 2.05) is 5.32 Å². The van der Waals surface area contributed by atoms with Crippen LogP contribution in [0, 0.1) is 0 Å². The molecular formula is C10H10ClF3N2O3S. The first-order valence-electron chi connectivity index (χ1n) is 5.17. The minimum Gasteiger partial charge on any atom is -0.351 e. The molecular weight excluding hydrogens is 321 g/mol. The molecule has 0 saturated heterocycles. The molecule has 0 fully saturated rings. The SMILES string of the molecule is NS(=O)(=O)CCNC(=O)c1c(Cl)cccc1C(F)(F)F. The fourth-order valence-electron chi connectivity index (χ4n) is 1.39. The lowest BCUT2D eigenvalue weighted by atomic mass is 10.1. The number of halogens is 4. The lowest BCUT2D eigenvalue weighted by Crippen LogP contribution is -2.32. The second-order valence-electron chi connectivity index (χ2n) is 3.78. The summed E-state index contributed by atoms with van der Waals surface area (Å²) >= 11 is 5.60. The van der Waals surface area contributed by atoms with Gasteiger partial charge in [0.15, 0.2) is 0 Å². The van der Waals surface area contributed by atoms with Crippen molar-refractivity contribution in [3.63, 3.8) is 0 Å². The normalized spacial score (nSPS) is 12.2. The standard InChI is InChI=1S/C10H10ClF3N2O3S/c11-7-3-1-2-6(10(12,13)14)8(7)9(17)16-4-5-20(15,18)19/h1-3H,4-5H2,(H,16,17)(H2,15,18,19). The predicted molar refractivity (Wildman–Crippen MR) is 66.8 cm³/mol. The van der Waals surface area contributed by atoms with Crippen molar-refractivity contribution in [3.8, 4) is 0 Å². The van der Waals surface area contributed by atoms with Crippen LogP contribution in [0.25, 0.3) is 0 Å². The summed E-state index contributed by atoms with van der Waals surface area (Å²) < 4.78 is 59.6. The molecule has 0 radical (unpaired) electrons. The van der Waals surface area contributed by atoms with E-state index in [0.29, 0.717) is 6.07 Å². The molecule has 0 atom stereocenters. The Bertz CT molecular complexity index is 617. The largest absolute Gasteiger partial charge is 0.417 e. The molecule has 112 valence electrons. The van der Waals surface area contributed by atoms with E-state index in [9.17, 15) is 26.4 Å². The number of carbonyl (C=O) groups is 1. The zero-order chi connectivity index (χ0) is 15.6. The van der Waals surface area contributed by atoms with Gasteiger partial charge in [0.05, 0.1) is 21.9 Å². The van der Waals surface area contributed by atoms with Crippen molar-refractivity contribution in [2.45, 2.75) is 6.18 Å². The number of amides is 1. The van der Waals surface area contributed by atoms with Gasteiger partial charge < -0.3 is 5.32 Å². The maximum absolute atomic E-state index is 12.7. The molecule has 1 aromatic carbocycles. The van der Waals surface area contributed by atoms with Crippen LogP contribution in [-0.4, -0.2) is 26.6 Å². The molecule has 1 rings (SSSR count). The Kier molecular flexibility index (Phi) is 5.00. The van der Waals surface area contributed by atoms with Gasteiger partial charge in [-0.15, -0.1) is 0 Å². The molecule has 0 bridgehead atoms. The molecule has 0 heterocycles. The van der Waals surface area contributed by atoms with Crippen molar-refractivity contribution >= 4 is 27.5 Å². The molecule has 10 heteroatoms.